The van der Waals surface area contributed by atoms with Gasteiger partial charge >= 0.3 is 0 Å². The lowest BCUT2D eigenvalue weighted by Crippen LogP contribution is -2.12. The molecule has 1 unspecified atom stereocenters. The summed E-state index contributed by atoms with van der Waals surface area (Å²) in [6.45, 7) is 5.84. The van der Waals surface area contributed by atoms with Crippen LogP contribution in [-0.4, -0.2) is 13.2 Å². The molecule has 0 saturated heterocycles. The second kappa shape index (κ2) is 6.17. The summed E-state index contributed by atoms with van der Waals surface area (Å²) in [6.07, 6.45) is 1.99. The normalized spacial score (nSPS) is 13.1. The van der Waals surface area contributed by atoms with Gasteiger partial charge < -0.3 is 10.5 Å². The van der Waals surface area contributed by atoms with Crippen LogP contribution in [0.1, 0.15) is 36.2 Å². The summed E-state index contributed by atoms with van der Waals surface area (Å²) >= 11 is 1.74. The minimum atomic E-state index is 0.145. The summed E-state index contributed by atoms with van der Waals surface area (Å²) in [7, 11) is 0. The summed E-state index contributed by atoms with van der Waals surface area (Å²) in [5.74, 6) is 0. The highest BCUT2D eigenvalue weighted by Crippen LogP contribution is 2.24. The van der Waals surface area contributed by atoms with Crippen LogP contribution >= 0.6 is 11.3 Å². The monoisotopic (exact) mass is 213 g/mol. The largest absolute Gasteiger partial charge is 0.381 e. The van der Waals surface area contributed by atoms with E-state index in [0.29, 0.717) is 0 Å². The Hall–Kier alpha value is -0.380. The van der Waals surface area contributed by atoms with Gasteiger partial charge in [0.2, 0.25) is 0 Å². The van der Waals surface area contributed by atoms with Gasteiger partial charge in [0.1, 0.15) is 0 Å². The Kier molecular flexibility index (Phi) is 5.15. The lowest BCUT2D eigenvalue weighted by atomic mass is 10.1. The highest BCUT2D eigenvalue weighted by Gasteiger charge is 2.09. The number of thiophene rings is 1. The number of aryl methyl sites for hydroxylation is 1. The predicted octanol–water partition coefficient (Wildman–Crippen LogP) is 2.87. The number of nitrogens with two attached hydrogens (primary N) is 1. The minimum absolute atomic E-state index is 0.145. The molecule has 0 aliphatic rings. The highest BCUT2D eigenvalue weighted by molar-refractivity contribution is 7.10. The fourth-order valence-corrected chi connectivity index (χ4v) is 2.32. The highest BCUT2D eigenvalue weighted by atomic mass is 32.1. The second-order valence-corrected chi connectivity index (χ2v) is 4.42. The molecule has 14 heavy (non-hydrogen) atoms. The maximum Gasteiger partial charge on any atom is 0.0484 e. The fourth-order valence-electron chi connectivity index (χ4n) is 1.35. The molecule has 2 nitrogen and oxygen atoms in total. The quantitative estimate of drug-likeness (QED) is 0.737. The van der Waals surface area contributed by atoms with Gasteiger partial charge in [0.25, 0.3) is 0 Å². The summed E-state index contributed by atoms with van der Waals surface area (Å²) in [4.78, 5) is 1.30. The van der Waals surface area contributed by atoms with Crippen LogP contribution in [0, 0.1) is 6.92 Å². The van der Waals surface area contributed by atoms with Crippen molar-refractivity contribution in [3.05, 3.63) is 21.9 Å². The van der Waals surface area contributed by atoms with Crippen LogP contribution in [-0.2, 0) is 4.74 Å². The molecule has 0 aliphatic heterocycles. The van der Waals surface area contributed by atoms with Gasteiger partial charge in [-0.2, -0.15) is 0 Å². The van der Waals surface area contributed by atoms with Crippen LogP contribution in [0.3, 0.4) is 0 Å². The molecule has 80 valence electrons. The van der Waals surface area contributed by atoms with Crippen LogP contribution in [0.15, 0.2) is 11.4 Å². The molecule has 0 amide bonds. The topological polar surface area (TPSA) is 35.2 Å². The molecule has 0 aromatic carbocycles. The number of hydrogen-bond acceptors (Lipinski definition) is 3. The molecule has 0 aliphatic carbocycles. The fraction of sp³-hybridized carbons (Fsp3) is 0.636. The lowest BCUT2D eigenvalue weighted by Gasteiger charge is -2.10. The van der Waals surface area contributed by atoms with E-state index in [1.165, 1.54) is 10.4 Å². The Labute approximate surface area is 90.1 Å². The minimum Gasteiger partial charge on any atom is -0.381 e. The first-order valence-corrected chi connectivity index (χ1v) is 6.01. The van der Waals surface area contributed by atoms with Gasteiger partial charge in [0, 0.05) is 24.1 Å². The van der Waals surface area contributed by atoms with E-state index in [9.17, 15) is 0 Å². The molecule has 3 heteroatoms. The van der Waals surface area contributed by atoms with Crippen molar-refractivity contribution >= 4 is 11.3 Å². The SMILES string of the molecule is CCCOCCC(N)c1sccc1C. The number of rotatable bonds is 6. The lowest BCUT2D eigenvalue weighted by molar-refractivity contribution is 0.128. The molecule has 0 fully saturated rings. The molecule has 0 radical (unpaired) electrons. The van der Waals surface area contributed by atoms with Gasteiger partial charge in [-0.05, 0) is 36.8 Å². The summed E-state index contributed by atoms with van der Waals surface area (Å²) in [5.41, 5.74) is 7.36. The van der Waals surface area contributed by atoms with Crippen LogP contribution in [0.25, 0.3) is 0 Å². The van der Waals surface area contributed by atoms with Crippen molar-refractivity contribution < 1.29 is 4.74 Å². The van der Waals surface area contributed by atoms with Crippen LogP contribution in [0.2, 0.25) is 0 Å². The first-order valence-electron chi connectivity index (χ1n) is 5.13. The standard InChI is InChI=1S/C11H19NOS/c1-3-6-13-7-4-10(12)11-9(2)5-8-14-11/h5,8,10H,3-4,6-7,12H2,1-2H3. The van der Waals surface area contributed by atoms with E-state index >= 15 is 0 Å². The molecule has 1 rings (SSSR count). The van der Waals surface area contributed by atoms with E-state index < -0.39 is 0 Å². The van der Waals surface area contributed by atoms with Gasteiger partial charge in [-0.25, -0.2) is 0 Å². The smallest absolute Gasteiger partial charge is 0.0484 e. The maximum absolute atomic E-state index is 6.05. The molecule has 1 aromatic heterocycles. The zero-order valence-electron chi connectivity index (χ0n) is 8.95. The van der Waals surface area contributed by atoms with Crippen LogP contribution in [0.5, 0.6) is 0 Å². The van der Waals surface area contributed by atoms with E-state index in [2.05, 4.69) is 25.3 Å². The Morgan fingerprint density at radius 2 is 2.29 bits per heavy atom. The third-order valence-corrected chi connectivity index (χ3v) is 3.31. The predicted molar refractivity (Wildman–Crippen MR) is 61.7 cm³/mol. The van der Waals surface area contributed by atoms with Crippen LogP contribution < -0.4 is 5.73 Å². The van der Waals surface area contributed by atoms with Crippen molar-refractivity contribution in [2.24, 2.45) is 5.73 Å². The van der Waals surface area contributed by atoms with Crippen molar-refractivity contribution in [3.63, 3.8) is 0 Å². The van der Waals surface area contributed by atoms with E-state index in [4.69, 9.17) is 10.5 Å². The molecule has 0 saturated carbocycles. The average molecular weight is 213 g/mol. The van der Waals surface area contributed by atoms with Crippen molar-refractivity contribution in [1.29, 1.82) is 0 Å². The average Bonchev–Trinajstić information content (AvgIpc) is 2.59. The molecule has 1 atom stereocenters. The first-order chi connectivity index (χ1) is 6.75. The molecule has 1 heterocycles. The summed E-state index contributed by atoms with van der Waals surface area (Å²) in [6, 6.07) is 2.26. The molecule has 0 spiro atoms. The van der Waals surface area contributed by atoms with E-state index in [1.807, 2.05) is 0 Å². The maximum atomic E-state index is 6.05. The van der Waals surface area contributed by atoms with Gasteiger partial charge in [0.15, 0.2) is 0 Å². The Balaban J connectivity index is 2.28. The van der Waals surface area contributed by atoms with Crippen molar-refractivity contribution in [2.75, 3.05) is 13.2 Å². The molecule has 1 aromatic rings. The molecular weight excluding hydrogens is 194 g/mol. The van der Waals surface area contributed by atoms with Gasteiger partial charge in [-0.3, -0.25) is 0 Å². The van der Waals surface area contributed by atoms with E-state index in [0.717, 1.165) is 26.1 Å². The summed E-state index contributed by atoms with van der Waals surface area (Å²) in [5, 5.41) is 2.09. The van der Waals surface area contributed by atoms with Crippen molar-refractivity contribution in [3.8, 4) is 0 Å². The molecule has 0 bridgehead atoms. The molecular formula is C11H19NOS. The third-order valence-electron chi connectivity index (χ3n) is 2.16. The van der Waals surface area contributed by atoms with Crippen molar-refractivity contribution in [1.82, 2.24) is 0 Å². The third kappa shape index (κ3) is 3.40. The van der Waals surface area contributed by atoms with Crippen LogP contribution in [0.4, 0.5) is 0 Å². The second-order valence-electron chi connectivity index (χ2n) is 3.48. The van der Waals surface area contributed by atoms with E-state index in [-0.39, 0.29) is 6.04 Å². The van der Waals surface area contributed by atoms with E-state index in [1.54, 1.807) is 11.3 Å². The Morgan fingerprint density at radius 3 is 2.86 bits per heavy atom. The number of ether oxygens (including phenoxy) is 1. The Bertz CT molecular complexity index is 260. The zero-order chi connectivity index (χ0) is 10.4. The number of hydrogen-bond donors (Lipinski definition) is 1. The summed E-state index contributed by atoms with van der Waals surface area (Å²) < 4.78 is 5.42. The molecule has 2 N–H and O–H groups in total. The Morgan fingerprint density at radius 1 is 1.50 bits per heavy atom. The van der Waals surface area contributed by atoms with Crippen molar-refractivity contribution in [2.45, 2.75) is 32.7 Å². The van der Waals surface area contributed by atoms with Gasteiger partial charge in [0.05, 0.1) is 0 Å². The first kappa shape index (κ1) is 11.7. The zero-order valence-corrected chi connectivity index (χ0v) is 9.77. The van der Waals surface area contributed by atoms with Gasteiger partial charge in [-0.15, -0.1) is 11.3 Å². The van der Waals surface area contributed by atoms with Gasteiger partial charge in [-0.1, -0.05) is 6.92 Å².